The fourth-order valence-electron chi connectivity index (χ4n) is 2.58. The molecule has 0 rings (SSSR count). The SMILES string of the molecule is CC(CC(C)(C)C)OC(=O)CCC(=O)OC(C)CC(C)(C)C. The summed E-state index contributed by atoms with van der Waals surface area (Å²) in [5.41, 5.74) is 0.224. The van der Waals surface area contributed by atoms with Crippen LogP contribution < -0.4 is 0 Å². The summed E-state index contributed by atoms with van der Waals surface area (Å²) in [5.74, 6) is -0.672. The molecule has 0 aliphatic rings. The lowest BCUT2D eigenvalue weighted by Gasteiger charge is -2.24. The molecule has 0 amide bonds. The van der Waals surface area contributed by atoms with E-state index in [2.05, 4.69) is 41.5 Å². The van der Waals surface area contributed by atoms with Crippen LogP contribution in [0.15, 0.2) is 0 Å². The zero-order valence-corrected chi connectivity index (χ0v) is 15.6. The van der Waals surface area contributed by atoms with Crippen molar-refractivity contribution in [2.75, 3.05) is 0 Å². The molecule has 0 radical (unpaired) electrons. The molecule has 0 N–H and O–H groups in total. The Morgan fingerprint density at radius 3 is 1.23 bits per heavy atom. The summed E-state index contributed by atoms with van der Waals surface area (Å²) in [7, 11) is 0. The van der Waals surface area contributed by atoms with Gasteiger partial charge >= 0.3 is 11.9 Å². The van der Waals surface area contributed by atoms with E-state index in [0.717, 1.165) is 12.8 Å². The Bertz CT molecular complexity index is 324. The number of carbonyl (C=O) groups excluding carboxylic acids is 2. The highest BCUT2D eigenvalue weighted by Crippen LogP contribution is 2.23. The Hall–Kier alpha value is -1.06. The second kappa shape index (κ2) is 8.54. The molecule has 0 fully saturated rings. The van der Waals surface area contributed by atoms with Gasteiger partial charge in [0.15, 0.2) is 0 Å². The Kier molecular flexibility index (Phi) is 8.13. The summed E-state index contributed by atoms with van der Waals surface area (Å²) in [5, 5.41) is 0. The molecule has 130 valence electrons. The van der Waals surface area contributed by atoms with Crippen molar-refractivity contribution in [3.63, 3.8) is 0 Å². The fraction of sp³-hybridized carbons (Fsp3) is 0.889. The normalized spacial score (nSPS) is 15.1. The summed E-state index contributed by atoms with van der Waals surface area (Å²) in [6.45, 7) is 16.4. The number of esters is 2. The maximum atomic E-state index is 11.7. The highest BCUT2D eigenvalue weighted by Gasteiger charge is 2.21. The van der Waals surface area contributed by atoms with Crippen molar-refractivity contribution in [3.05, 3.63) is 0 Å². The maximum absolute atomic E-state index is 11.7. The molecule has 22 heavy (non-hydrogen) atoms. The molecule has 0 bridgehead atoms. The molecular formula is C18H34O4. The highest BCUT2D eigenvalue weighted by molar-refractivity contribution is 5.77. The van der Waals surface area contributed by atoms with Crippen LogP contribution in [0.3, 0.4) is 0 Å². The average molecular weight is 314 g/mol. The van der Waals surface area contributed by atoms with Crippen molar-refractivity contribution in [3.8, 4) is 0 Å². The second-order valence-electron chi connectivity index (χ2n) is 8.63. The van der Waals surface area contributed by atoms with Crippen LogP contribution in [0.2, 0.25) is 0 Å². The molecule has 2 unspecified atom stereocenters. The maximum Gasteiger partial charge on any atom is 0.306 e. The molecule has 0 heterocycles. The summed E-state index contributed by atoms with van der Waals surface area (Å²) >= 11 is 0. The number of ether oxygens (including phenoxy) is 2. The van der Waals surface area contributed by atoms with Gasteiger partial charge in [0.1, 0.15) is 0 Å². The van der Waals surface area contributed by atoms with Crippen LogP contribution >= 0.6 is 0 Å². The standard InChI is InChI=1S/C18H34O4/c1-13(11-17(3,4)5)21-15(19)9-10-16(20)22-14(2)12-18(6,7)8/h13-14H,9-12H2,1-8H3. The van der Waals surface area contributed by atoms with E-state index < -0.39 is 0 Å². The van der Waals surface area contributed by atoms with Crippen molar-refractivity contribution >= 4 is 11.9 Å². The first-order valence-corrected chi connectivity index (χ1v) is 8.17. The lowest BCUT2D eigenvalue weighted by Crippen LogP contribution is -2.23. The van der Waals surface area contributed by atoms with Gasteiger partial charge in [0.25, 0.3) is 0 Å². The number of carbonyl (C=O) groups is 2. The molecule has 0 aromatic heterocycles. The van der Waals surface area contributed by atoms with Gasteiger partial charge in [0.05, 0.1) is 25.0 Å². The Balaban J connectivity index is 4.02. The van der Waals surface area contributed by atoms with Gasteiger partial charge in [-0.2, -0.15) is 0 Å². The fourth-order valence-corrected chi connectivity index (χ4v) is 2.58. The summed E-state index contributed by atoms with van der Waals surface area (Å²) in [6.07, 6.45) is 1.48. The third kappa shape index (κ3) is 12.7. The molecule has 0 aromatic carbocycles. The van der Waals surface area contributed by atoms with E-state index in [0.29, 0.717) is 0 Å². The van der Waals surface area contributed by atoms with Crippen molar-refractivity contribution < 1.29 is 19.1 Å². The number of rotatable bonds is 7. The molecule has 0 aliphatic carbocycles. The predicted molar refractivity (Wildman–Crippen MR) is 88.5 cm³/mol. The smallest absolute Gasteiger partial charge is 0.306 e. The molecular weight excluding hydrogens is 280 g/mol. The lowest BCUT2D eigenvalue weighted by molar-refractivity contribution is -0.156. The van der Waals surface area contributed by atoms with Crippen LogP contribution in [0, 0.1) is 10.8 Å². The van der Waals surface area contributed by atoms with Crippen molar-refractivity contribution in [1.82, 2.24) is 0 Å². The van der Waals surface area contributed by atoms with Crippen LogP contribution in [0.1, 0.15) is 81.1 Å². The summed E-state index contributed by atoms with van der Waals surface area (Å²) < 4.78 is 10.6. The Morgan fingerprint density at radius 1 is 0.727 bits per heavy atom. The van der Waals surface area contributed by atoms with Crippen molar-refractivity contribution in [2.45, 2.75) is 93.3 Å². The molecule has 0 aromatic rings. The first-order chi connectivity index (χ1) is 9.78. The van der Waals surface area contributed by atoms with Gasteiger partial charge in [0, 0.05) is 0 Å². The predicted octanol–water partition coefficient (Wildman–Crippen LogP) is 4.50. The molecule has 0 aliphatic heterocycles. The van der Waals surface area contributed by atoms with E-state index in [1.807, 2.05) is 13.8 Å². The molecule has 0 saturated heterocycles. The van der Waals surface area contributed by atoms with Gasteiger partial charge in [-0.3, -0.25) is 9.59 Å². The van der Waals surface area contributed by atoms with Crippen LogP contribution in [0.4, 0.5) is 0 Å². The number of hydrogen-bond acceptors (Lipinski definition) is 4. The minimum Gasteiger partial charge on any atom is -0.463 e. The van der Waals surface area contributed by atoms with E-state index in [1.165, 1.54) is 0 Å². The van der Waals surface area contributed by atoms with Crippen LogP contribution in [0.25, 0.3) is 0 Å². The molecule has 0 spiro atoms. The first kappa shape index (κ1) is 20.9. The zero-order chi connectivity index (χ0) is 17.6. The van der Waals surface area contributed by atoms with Gasteiger partial charge in [-0.25, -0.2) is 0 Å². The van der Waals surface area contributed by atoms with Gasteiger partial charge in [-0.1, -0.05) is 41.5 Å². The van der Waals surface area contributed by atoms with Crippen LogP contribution in [-0.2, 0) is 19.1 Å². The average Bonchev–Trinajstić information content (AvgIpc) is 2.20. The van der Waals surface area contributed by atoms with E-state index >= 15 is 0 Å². The van der Waals surface area contributed by atoms with Crippen molar-refractivity contribution in [1.29, 1.82) is 0 Å². The minimum absolute atomic E-state index is 0.0789. The Morgan fingerprint density at radius 2 is 1.00 bits per heavy atom. The summed E-state index contributed by atoms with van der Waals surface area (Å²) in [4.78, 5) is 23.5. The van der Waals surface area contributed by atoms with Gasteiger partial charge in [0.2, 0.25) is 0 Å². The molecule has 4 nitrogen and oxygen atoms in total. The van der Waals surface area contributed by atoms with E-state index in [-0.39, 0.29) is 47.8 Å². The third-order valence-corrected chi connectivity index (χ3v) is 3.00. The largest absolute Gasteiger partial charge is 0.463 e. The topological polar surface area (TPSA) is 52.6 Å². The quantitative estimate of drug-likeness (QED) is 0.649. The lowest BCUT2D eigenvalue weighted by atomic mass is 9.90. The second-order valence-corrected chi connectivity index (χ2v) is 8.63. The Labute approximate surface area is 135 Å². The minimum atomic E-state index is -0.336. The molecule has 2 atom stereocenters. The zero-order valence-electron chi connectivity index (χ0n) is 15.6. The van der Waals surface area contributed by atoms with Crippen molar-refractivity contribution in [2.24, 2.45) is 10.8 Å². The van der Waals surface area contributed by atoms with E-state index in [1.54, 1.807) is 0 Å². The van der Waals surface area contributed by atoms with Crippen LogP contribution in [-0.4, -0.2) is 24.1 Å². The van der Waals surface area contributed by atoms with Crippen LogP contribution in [0.5, 0.6) is 0 Å². The van der Waals surface area contributed by atoms with Gasteiger partial charge < -0.3 is 9.47 Å². The van der Waals surface area contributed by atoms with E-state index in [4.69, 9.17) is 9.47 Å². The van der Waals surface area contributed by atoms with Gasteiger partial charge in [-0.15, -0.1) is 0 Å². The number of hydrogen-bond donors (Lipinski definition) is 0. The monoisotopic (exact) mass is 314 g/mol. The third-order valence-electron chi connectivity index (χ3n) is 3.00. The highest BCUT2D eigenvalue weighted by atomic mass is 16.5. The van der Waals surface area contributed by atoms with Gasteiger partial charge in [-0.05, 0) is 37.5 Å². The molecule has 0 saturated carbocycles. The first-order valence-electron chi connectivity index (χ1n) is 8.17. The molecule has 4 heteroatoms. The van der Waals surface area contributed by atoms with E-state index in [9.17, 15) is 9.59 Å². The summed E-state index contributed by atoms with van der Waals surface area (Å²) in [6, 6.07) is 0.